The molecule has 1 amide bonds. The van der Waals surface area contributed by atoms with Crippen LogP contribution in [0.15, 0.2) is 23.1 Å². The molecule has 0 saturated carbocycles. The minimum atomic E-state index is -3.49. The van der Waals surface area contributed by atoms with Gasteiger partial charge < -0.3 is 9.64 Å². The molecule has 0 bridgehead atoms. The lowest BCUT2D eigenvalue weighted by Crippen LogP contribution is -2.41. The van der Waals surface area contributed by atoms with Crippen LogP contribution in [0.4, 0.5) is 0 Å². The number of sulfonamides is 1. The summed E-state index contributed by atoms with van der Waals surface area (Å²) >= 11 is 0. The zero-order valence-corrected chi connectivity index (χ0v) is 16.6. The second-order valence-corrected chi connectivity index (χ2v) is 9.12. The maximum atomic E-state index is 12.9. The van der Waals surface area contributed by atoms with E-state index in [1.807, 2.05) is 13.8 Å². The van der Waals surface area contributed by atoms with Crippen molar-refractivity contribution in [3.05, 3.63) is 23.8 Å². The zero-order valence-electron chi connectivity index (χ0n) is 15.8. The Morgan fingerprint density at radius 1 is 1.23 bits per heavy atom. The number of nitrogens with zero attached hydrogens (tertiary/aromatic N) is 2. The third-order valence-corrected chi connectivity index (χ3v) is 7.33. The van der Waals surface area contributed by atoms with Crippen molar-refractivity contribution in [1.29, 1.82) is 0 Å². The van der Waals surface area contributed by atoms with Gasteiger partial charge in [0.1, 0.15) is 5.75 Å². The summed E-state index contributed by atoms with van der Waals surface area (Å²) in [6.45, 7) is 8.45. The van der Waals surface area contributed by atoms with E-state index in [4.69, 9.17) is 4.74 Å². The van der Waals surface area contributed by atoms with Gasteiger partial charge in [-0.1, -0.05) is 6.92 Å². The lowest BCUT2D eigenvalue weighted by atomic mass is 10.0. The van der Waals surface area contributed by atoms with Gasteiger partial charge >= 0.3 is 0 Å². The number of rotatable bonds is 5. The Hall–Kier alpha value is -1.60. The van der Waals surface area contributed by atoms with E-state index < -0.39 is 16.1 Å². The van der Waals surface area contributed by atoms with Gasteiger partial charge in [0.05, 0.1) is 4.90 Å². The number of piperidine rings is 1. The van der Waals surface area contributed by atoms with Crippen LogP contribution in [0.2, 0.25) is 0 Å². The van der Waals surface area contributed by atoms with E-state index in [0.717, 1.165) is 18.4 Å². The molecule has 2 heterocycles. The van der Waals surface area contributed by atoms with Gasteiger partial charge in [-0.05, 0) is 56.4 Å². The van der Waals surface area contributed by atoms with Crippen LogP contribution in [0.25, 0.3) is 0 Å². The molecular weight excluding hydrogens is 352 g/mol. The van der Waals surface area contributed by atoms with Crippen LogP contribution in [-0.4, -0.2) is 55.8 Å². The third-order valence-electron chi connectivity index (χ3n) is 5.44. The van der Waals surface area contributed by atoms with Gasteiger partial charge in [0, 0.05) is 32.6 Å². The minimum Gasteiger partial charge on any atom is -0.480 e. The number of benzene rings is 1. The number of likely N-dealkylation sites (N-methyl/N-ethyl adjacent to an activating group) is 1. The average molecular weight is 381 g/mol. The number of fused-ring (bicyclic) bond motifs is 1. The number of hydrogen-bond acceptors (Lipinski definition) is 4. The lowest BCUT2D eigenvalue weighted by Gasteiger charge is -2.29. The summed E-state index contributed by atoms with van der Waals surface area (Å²) < 4.78 is 33.2. The molecule has 0 aromatic heterocycles. The van der Waals surface area contributed by atoms with E-state index in [-0.39, 0.29) is 5.91 Å². The second-order valence-electron chi connectivity index (χ2n) is 7.18. The monoisotopic (exact) mass is 380 g/mol. The molecule has 0 aliphatic carbocycles. The molecule has 144 valence electrons. The fourth-order valence-electron chi connectivity index (χ4n) is 3.64. The van der Waals surface area contributed by atoms with E-state index in [2.05, 4.69) is 6.92 Å². The highest BCUT2D eigenvalue weighted by atomic mass is 32.2. The number of carbonyl (C=O) groups excluding carboxylic acids is 1. The number of hydrogen-bond donors (Lipinski definition) is 0. The number of ether oxygens (including phenoxy) is 1. The van der Waals surface area contributed by atoms with Crippen LogP contribution < -0.4 is 4.74 Å². The van der Waals surface area contributed by atoms with E-state index in [1.54, 1.807) is 27.4 Å². The van der Waals surface area contributed by atoms with Crippen molar-refractivity contribution >= 4 is 15.9 Å². The average Bonchev–Trinajstić information content (AvgIpc) is 3.06. The summed E-state index contributed by atoms with van der Waals surface area (Å²) in [6, 6.07) is 4.96. The van der Waals surface area contributed by atoms with Gasteiger partial charge in [-0.3, -0.25) is 4.79 Å². The first-order valence-corrected chi connectivity index (χ1v) is 10.9. The van der Waals surface area contributed by atoms with Gasteiger partial charge in [-0.15, -0.1) is 0 Å². The van der Waals surface area contributed by atoms with Crippen LogP contribution >= 0.6 is 0 Å². The third kappa shape index (κ3) is 3.60. The molecule has 0 spiro atoms. The Kier molecular flexibility index (Phi) is 5.58. The van der Waals surface area contributed by atoms with Crippen LogP contribution in [0.5, 0.6) is 5.75 Å². The summed E-state index contributed by atoms with van der Waals surface area (Å²) in [5.41, 5.74) is 0.793. The predicted octanol–water partition coefficient (Wildman–Crippen LogP) is 2.28. The van der Waals surface area contributed by atoms with Crippen molar-refractivity contribution in [1.82, 2.24) is 9.21 Å². The second kappa shape index (κ2) is 7.56. The van der Waals surface area contributed by atoms with E-state index in [9.17, 15) is 13.2 Å². The Labute approximate surface area is 156 Å². The summed E-state index contributed by atoms with van der Waals surface area (Å²) in [5.74, 6) is 1.14. The molecule has 6 nitrogen and oxygen atoms in total. The molecule has 1 fully saturated rings. The molecule has 1 unspecified atom stereocenters. The van der Waals surface area contributed by atoms with Gasteiger partial charge in [0.25, 0.3) is 5.91 Å². The summed E-state index contributed by atoms with van der Waals surface area (Å²) in [7, 11) is -3.49. The Bertz CT molecular complexity index is 766. The fraction of sp³-hybridized carbons (Fsp3) is 0.632. The van der Waals surface area contributed by atoms with Crippen LogP contribution in [0.3, 0.4) is 0 Å². The molecule has 3 rings (SSSR count). The summed E-state index contributed by atoms with van der Waals surface area (Å²) in [5, 5.41) is 0. The quantitative estimate of drug-likeness (QED) is 0.786. The smallest absolute Gasteiger partial charge is 0.263 e. The molecule has 26 heavy (non-hydrogen) atoms. The molecule has 0 N–H and O–H groups in total. The summed E-state index contributed by atoms with van der Waals surface area (Å²) in [4.78, 5) is 14.5. The van der Waals surface area contributed by atoms with Crippen LogP contribution in [0, 0.1) is 5.92 Å². The Balaban J connectivity index is 1.77. The SMILES string of the molecule is CCN(CC)C(=O)C1Cc2cc(S(=O)(=O)N3CCC(C)CC3)ccc2O1. The molecule has 1 aromatic rings. The van der Waals surface area contributed by atoms with Crippen molar-refractivity contribution < 1.29 is 17.9 Å². The van der Waals surface area contributed by atoms with Crippen LogP contribution in [-0.2, 0) is 21.2 Å². The Morgan fingerprint density at radius 3 is 2.50 bits per heavy atom. The topological polar surface area (TPSA) is 66.9 Å². The highest BCUT2D eigenvalue weighted by Crippen LogP contribution is 2.33. The summed E-state index contributed by atoms with van der Waals surface area (Å²) in [6.07, 6.45) is 1.66. The van der Waals surface area contributed by atoms with E-state index >= 15 is 0 Å². The van der Waals surface area contributed by atoms with Crippen molar-refractivity contribution in [2.45, 2.75) is 51.0 Å². The maximum Gasteiger partial charge on any atom is 0.263 e. The Morgan fingerprint density at radius 2 is 1.88 bits per heavy atom. The predicted molar refractivity (Wildman–Crippen MR) is 99.6 cm³/mol. The zero-order chi connectivity index (χ0) is 18.9. The van der Waals surface area contributed by atoms with Crippen molar-refractivity contribution in [2.24, 2.45) is 5.92 Å². The number of amides is 1. The molecule has 7 heteroatoms. The van der Waals surface area contributed by atoms with Gasteiger partial charge in [-0.2, -0.15) is 4.31 Å². The molecule has 2 aliphatic heterocycles. The maximum absolute atomic E-state index is 12.9. The standard InChI is InChI=1S/C19H28N2O4S/c1-4-20(5-2)19(22)18-13-15-12-16(6-7-17(15)25-18)26(23,24)21-10-8-14(3)9-11-21/h6-7,12,14,18H,4-5,8-11,13H2,1-3H3. The van der Waals surface area contributed by atoms with Crippen molar-refractivity contribution in [3.8, 4) is 5.75 Å². The van der Waals surface area contributed by atoms with E-state index in [1.165, 1.54) is 0 Å². The highest BCUT2D eigenvalue weighted by Gasteiger charge is 2.34. The first-order valence-electron chi connectivity index (χ1n) is 9.45. The van der Waals surface area contributed by atoms with Crippen LogP contribution in [0.1, 0.15) is 39.2 Å². The van der Waals surface area contributed by atoms with Gasteiger partial charge in [0.15, 0.2) is 6.10 Å². The van der Waals surface area contributed by atoms with Crippen molar-refractivity contribution in [2.75, 3.05) is 26.2 Å². The molecule has 0 radical (unpaired) electrons. The molecule has 1 aromatic carbocycles. The minimum absolute atomic E-state index is 0.0411. The van der Waals surface area contributed by atoms with Gasteiger partial charge in [-0.25, -0.2) is 8.42 Å². The molecule has 1 atom stereocenters. The van der Waals surface area contributed by atoms with Crippen molar-refractivity contribution in [3.63, 3.8) is 0 Å². The van der Waals surface area contributed by atoms with Gasteiger partial charge in [0.2, 0.25) is 10.0 Å². The molecular formula is C19H28N2O4S. The lowest BCUT2D eigenvalue weighted by molar-refractivity contribution is -0.137. The largest absolute Gasteiger partial charge is 0.480 e. The fourth-order valence-corrected chi connectivity index (χ4v) is 5.16. The number of carbonyl (C=O) groups is 1. The highest BCUT2D eigenvalue weighted by molar-refractivity contribution is 7.89. The van der Waals surface area contributed by atoms with E-state index in [0.29, 0.717) is 49.2 Å². The normalized spacial score (nSPS) is 21.3. The first-order chi connectivity index (χ1) is 12.4. The molecule has 2 aliphatic rings. The first kappa shape index (κ1) is 19.2. The molecule has 1 saturated heterocycles.